The number of aryl methyl sites for hydroxylation is 1. The fourth-order valence-corrected chi connectivity index (χ4v) is 4.26. The van der Waals surface area contributed by atoms with Crippen LogP contribution in [-0.2, 0) is 12.8 Å². The predicted molar refractivity (Wildman–Crippen MR) is 112 cm³/mol. The summed E-state index contributed by atoms with van der Waals surface area (Å²) in [6, 6.07) is 16.7. The van der Waals surface area contributed by atoms with Crippen molar-refractivity contribution in [3.8, 4) is 22.6 Å². The number of nitrogens with zero attached hydrogens (tertiary/aromatic N) is 1. The van der Waals surface area contributed by atoms with E-state index in [-0.39, 0.29) is 0 Å². The van der Waals surface area contributed by atoms with Crippen molar-refractivity contribution in [3.63, 3.8) is 0 Å². The maximum Gasteiger partial charge on any atom is 0.118 e. The van der Waals surface area contributed by atoms with Crippen molar-refractivity contribution >= 4 is 0 Å². The molecule has 28 heavy (non-hydrogen) atoms. The Bertz CT molecular complexity index is 946. The third-order valence-corrected chi connectivity index (χ3v) is 5.66. The maximum atomic E-state index is 5.33. The van der Waals surface area contributed by atoms with E-state index < -0.39 is 0 Å². The normalized spacial score (nSPS) is 15.3. The standard InChI is InChI=1S/C25H26NO2/c1-4-5-22-23(18-8-12-20(28-3)13-9-18)16-26-24-15-14-21(25(22)24)17-6-10-19(27-2)11-7-17/h6-13,21H,4-5,14-15H2,1-3H3. The summed E-state index contributed by atoms with van der Waals surface area (Å²) in [5, 5.41) is 0. The van der Waals surface area contributed by atoms with Gasteiger partial charge in [0, 0.05) is 17.2 Å². The molecule has 2 aromatic carbocycles. The maximum absolute atomic E-state index is 5.33. The molecule has 0 fully saturated rings. The zero-order chi connectivity index (χ0) is 19.5. The minimum atomic E-state index is 0.390. The predicted octanol–water partition coefficient (Wildman–Crippen LogP) is 5.60. The quantitative estimate of drug-likeness (QED) is 0.565. The largest absolute Gasteiger partial charge is 0.497 e. The zero-order valence-electron chi connectivity index (χ0n) is 16.8. The van der Waals surface area contributed by atoms with Gasteiger partial charge in [0.25, 0.3) is 0 Å². The molecule has 0 N–H and O–H groups in total. The van der Waals surface area contributed by atoms with Crippen LogP contribution in [0.1, 0.15) is 48.1 Å². The number of fused-ring (bicyclic) bond motifs is 1. The minimum absolute atomic E-state index is 0.390. The van der Waals surface area contributed by atoms with Crippen molar-refractivity contribution < 1.29 is 9.47 Å². The molecule has 4 rings (SSSR count). The molecule has 1 unspecified atom stereocenters. The Morgan fingerprint density at radius 1 is 0.964 bits per heavy atom. The Balaban J connectivity index is 1.80. The van der Waals surface area contributed by atoms with Gasteiger partial charge >= 0.3 is 0 Å². The Labute approximate surface area is 167 Å². The van der Waals surface area contributed by atoms with Crippen LogP contribution in [0.5, 0.6) is 11.5 Å². The van der Waals surface area contributed by atoms with E-state index in [1.54, 1.807) is 14.2 Å². The molecule has 3 nitrogen and oxygen atoms in total. The second-order valence-electron chi connectivity index (χ2n) is 7.28. The van der Waals surface area contributed by atoms with Crippen molar-refractivity contribution in [3.05, 3.63) is 77.1 Å². The molecule has 1 aliphatic carbocycles. The third-order valence-electron chi connectivity index (χ3n) is 5.66. The molecule has 1 aromatic heterocycles. The van der Waals surface area contributed by atoms with E-state index in [0.717, 1.165) is 48.3 Å². The number of hydrogen-bond acceptors (Lipinski definition) is 3. The highest BCUT2D eigenvalue weighted by Gasteiger charge is 2.29. The molecule has 0 saturated carbocycles. The number of ether oxygens (including phenoxy) is 2. The van der Waals surface area contributed by atoms with Gasteiger partial charge in [-0.25, -0.2) is 0 Å². The monoisotopic (exact) mass is 372 g/mol. The van der Waals surface area contributed by atoms with Gasteiger partial charge in [-0.2, -0.15) is 0 Å². The van der Waals surface area contributed by atoms with Crippen LogP contribution in [-0.4, -0.2) is 19.2 Å². The number of methoxy groups -OCH3 is 2. The second kappa shape index (κ2) is 8.05. The lowest BCUT2D eigenvalue weighted by atomic mass is 9.86. The van der Waals surface area contributed by atoms with Gasteiger partial charge < -0.3 is 9.47 Å². The van der Waals surface area contributed by atoms with E-state index in [1.807, 2.05) is 12.1 Å². The first-order valence-electron chi connectivity index (χ1n) is 9.96. The van der Waals surface area contributed by atoms with E-state index in [9.17, 15) is 0 Å². The zero-order valence-corrected chi connectivity index (χ0v) is 16.8. The first kappa shape index (κ1) is 18.5. The lowest BCUT2D eigenvalue weighted by Gasteiger charge is -2.19. The van der Waals surface area contributed by atoms with Gasteiger partial charge in [0.15, 0.2) is 0 Å². The molecule has 143 valence electrons. The molecule has 0 amide bonds. The van der Waals surface area contributed by atoms with Gasteiger partial charge in [-0.3, -0.25) is 4.98 Å². The molecule has 1 heterocycles. The lowest BCUT2D eigenvalue weighted by Crippen LogP contribution is -2.05. The van der Waals surface area contributed by atoms with E-state index >= 15 is 0 Å². The molecule has 1 aliphatic rings. The summed E-state index contributed by atoms with van der Waals surface area (Å²) in [6.07, 6.45) is 7.61. The van der Waals surface area contributed by atoms with Crippen LogP contribution in [0.15, 0.2) is 48.5 Å². The van der Waals surface area contributed by atoms with Gasteiger partial charge in [-0.15, -0.1) is 0 Å². The Morgan fingerprint density at radius 2 is 1.61 bits per heavy atom. The lowest BCUT2D eigenvalue weighted by molar-refractivity contribution is 0.414. The highest BCUT2D eigenvalue weighted by Crippen LogP contribution is 2.43. The summed E-state index contributed by atoms with van der Waals surface area (Å²) < 4.78 is 10.6. The smallest absolute Gasteiger partial charge is 0.118 e. The summed E-state index contributed by atoms with van der Waals surface area (Å²) in [5.74, 6) is 2.15. The highest BCUT2D eigenvalue weighted by atomic mass is 16.5. The van der Waals surface area contributed by atoms with Crippen molar-refractivity contribution in [1.29, 1.82) is 0 Å². The molecule has 0 spiro atoms. The Kier molecular flexibility index (Phi) is 5.34. The average molecular weight is 372 g/mol. The fraction of sp³-hybridized carbons (Fsp3) is 0.320. The molecule has 1 radical (unpaired) electrons. The van der Waals surface area contributed by atoms with E-state index in [1.165, 1.54) is 22.4 Å². The highest BCUT2D eigenvalue weighted by molar-refractivity contribution is 5.70. The summed E-state index contributed by atoms with van der Waals surface area (Å²) >= 11 is 0. The number of aromatic nitrogens is 1. The van der Waals surface area contributed by atoms with Crippen LogP contribution in [0.25, 0.3) is 11.1 Å². The van der Waals surface area contributed by atoms with Crippen molar-refractivity contribution in [2.45, 2.75) is 38.5 Å². The van der Waals surface area contributed by atoms with Crippen molar-refractivity contribution in [1.82, 2.24) is 4.98 Å². The van der Waals surface area contributed by atoms with Crippen molar-refractivity contribution in [2.75, 3.05) is 14.2 Å². The molecule has 0 bridgehead atoms. The van der Waals surface area contributed by atoms with Crippen LogP contribution >= 0.6 is 0 Å². The third kappa shape index (κ3) is 3.37. The fourth-order valence-electron chi connectivity index (χ4n) is 4.26. The topological polar surface area (TPSA) is 31.4 Å². The number of pyridine rings is 1. The number of rotatable bonds is 6. The van der Waals surface area contributed by atoms with Crippen molar-refractivity contribution in [2.24, 2.45) is 0 Å². The van der Waals surface area contributed by atoms with Crippen LogP contribution in [0.4, 0.5) is 0 Å². The second-order valence-corrected chi connectivity index (χ2v) is 7.28. The first-order valence-corrected chi connectivity index (χ1v) is 9.96. The van der Waals surface area contributed by atoms with E-state index in [2.05, 4.69) is 49.5 Å². The summed E-state index contributed by atoms with van der Waals surface area (Å²) in [6.45, 7) is 2.24. The van der Waals surface area contributed by atoms with Crippen LogP contribution in [0, 0.1) is 6.20 Å². The van der Waals surface area contributed by atoms with Gasteiger partial charge in [0.05, 0.1) is 20.4 Å². The van der Waals surface area contributed by atoms with Gasteiger partial charge in [-0.1, -0.05) is 37.6 Å². The molecule has 0 saturated heterocycles. The molecule has 3 aromatic rings. The molecule has 3 heteroatoms. The Hall–Kier alpha value is -2.81. The number of hydrogen-bond donors (Lipinski definition) is 0. The molecular formula is C25H26NO2. The van der Waals surface area contributed by atoms with Crippen LogP contribution in [0.2, 0.25) is 0 Å². The molecule has 0 aliphatic heterocycles. The Morgan fingerprint density at radius 3 is 2.21 bits per heavy atom. The summed E-state index contributed by atoms with van der Waals surface area (Å²) in [5.41, 5.74) is 7.64. The van der Waals surface area contributed by atoms with E-state index in [4.69, 9.17) is 14.5 Å². The summed E-state index contributed by atoms with van der Waals surface area (Å²) in [4.78, 5) is 4.75. The van der Waals surface area contributed by atoms with E-state index in [0.29, 0.717) is 5.92 Å². The molecular weight excluding hydrogens is 346 g/mol. The minimum Gasteiger partial charge on any atom is -0.497 e. The number of benzene rings is 2. The SMILES string of the molecule is CCCc1c(-c2ccc(OC)cc2)[c]nc2c1C(c1ccc(OC)cc1)CC2. The molecule has 1 atom stereocenters. The van der Waals surface area contributed by atoms with Crippen LogP contribution in [0.3, 0.4) is 0 Å². The average Bonchev–Trinajstić information content (AvgIpc) is 3.19. The van der Waals surface area contributed by atoms with Crippen LogP contribution < -0.4 is 9.47 Å². The van der Waals surface area contributed by atoms with Gasteiger partial charge in [0.1, 0.15) is 11.5 Å². The van der Waals surface area contributed by atoms with Gasteiger partial charge in [0.2, 0.25) is 0 Å². The first-order chi connectivity index (χ1) is 13.7. The van der Waals surface area contributed by atoms with Gasteiger partial charge in [-0.05, 0) is 65.8 Å². The summed E-state index contributed by atoms with van der Waals surface area (Å²) in [7, 11) is 3.40.